The van der Waals surface area contributed by atoms with Gasteiger partial charge in [-0.05, 0) is 54.7 Å². The van der Waals surface area contributed by atoms with Crippen molar-refractivity contribution in [2.24, 2.45) is 5.92 Å². The summed E-state index contributed by atoms with van der Waals surface area (Å²) >= 11 is 0. The summed E-state index contributed by atoms with van der Waals surface area (Å²) in [7, 11) is 0. The van der Waals surface area contributed by atoms with E-state index < -0.39 is 29.4 Å². The van der Waals surface area contributed by atoms with Gasteiger partial charge in [0.25, 0.3) is 0 Å². The van der Waals surface area contributed by atoms with Crippen LogP contribution in [0.1, 0.15) is 82.4 Å². The van der Waals surface area contributed by atoms with Crippen LogP contribution >= 0.6 is 0 Å². The van der Waals surface area contributed by atoms with Crippen LogP contribution in [0.4, 0.5) is 17.6 Å². The molecule has 0 N–H and O–H groups in total. The van der Waals surface area contributed by atoms with Crippen LogP contribution < -0.4 is 0 Å². The van der Waals surface area contributed by atoms with Crippen LogP contribution in [0.5, 0.6) is 0 Å². The second-order valence-corrected chi connectivity index (χ2v) is 10.2. The third-order valence-corrected chi connectivity index (χ3v) is 7.51. The summed E-state index contributed by atoms with van der Waals surface area (Å²) in [6.45, 7) is 4.76. The van der Waals surface area contributed by atoms with E-state index in [0.717, 1.165) is 25.7 Å². The monoisotopic (exact) mass is 512 g/mol. The average molecular weight is 513 g/mol. The lowest BCUT2D eigenvalue weighted by Crippen LogP contribution is -2.21. The lowest BCUT2D eigenvalue weighted by Gasteiger charge is -2.29. The summed E-state index contributed by atoms with van der Waals surface area (Å²) < 4.78 is 65.4. The molecule has 1 fully saturated rings. The Labute approximate surface area is 217 Å². The van der Waals surface area contributed by atoms with Gasteiger partial charge in [-0.15, -0.1) is 0 Å². The van der Waals surface area contributed by atoms with Crippen molar-refractivity contribution in [3.05, 3.63) is 82.9 Å². The number of hydrogen-bond donors (Lipinski definition) is 0. The van der Waals surface area contributed by atoms with Crippen molar-refractivity contribution >= 4 is 0 Å². The van der Waals surface area contributed by atoms with Gasteiger partial charge >= 0.3 is 0 Å². The van der Waals surface area contributed by atoms with Gasteiger partial charge in [0.2, 0.25) is 0 Å². The SMILES string of the molecule is CCCCCC1CCC(c2ccc(-c3ccc(-c4ccc(CCCC)c(F)c4F)cc3)c(F)c2F)OC1. The molecule has 1 aliphatic rings. The van der Waals surface area contributed by atoms with E-state index in [9.17, 15) is 8.78 Å². The maximum Gasteiger partial charge on any atom is 0.167 e. The van der Waals surface area contributed by atoms with E-state index in [2.05, 4.69) is 6.92 Å². The molecule has 1 aliphatic heterocycles. The first-order chi connectivity index (χ1) is 17.9. The molecule has 0 radical (unpaired) electrons. The Morgan fingerprint density at radius 3 is 1.89 bits per heavy atom. The van der Waals surface area contributed by atoms with Crippen LogP contribution in [-0.2, 0) is 11.2 Å². The zero-order valence-corrected chi connectivity index (χ0v) is 21.8. The van der Waals surface area contributed by atoms with Crippen LogP contribution in [0, 0.1) is 29.2 Å². The first-order valence-electron chi connectivity index (χ1n) is 13.6. The molecule has 5 heteroatoms. The lowest BCUT2D eigenvalue weighted by molar-refractivity contribution is -0.0218. The zero-order chi connectivity index (χ0) is 26.4. The number of ether oxygens (including phenoxy) is 1. The second-order valence-electron chi connectivity index (χ2n) is 10.2. The quantitative estimate of drug-likeness (QED) is 0.194. The summed E-state index contributed by atoms with van der Waals surface area (Å²) in [6.07, 6.45) is 8.06. The molecule has 198 valence electrons. The highest BCUT2D eigenvalue weighted by atomic mass is 19.2. The Hall–Kier alpha value is -2.66. The fourth-order valence-corrected chi connectivity index (χ4v) is 5.20. The summed E-state index contributed by atoms with van der Waals surface area (Å²) in [5, 5.41) is 0. The van der Waals surface area contributed by atoms with Crippen molar-refractivity contribution in [3.63, 3.8) is 0 Å². The molecule has 2 atom stereocenters. The first kappa shape index (κ1) is 27.4. The molecule has 2 unspecified atom stereocenters. The zero-order valence-electron chi connectivity index (χ0n) is 21.8. The van der Waals surface area contributed by atoms with Gasteiger partial charge in [0.05, 0.1) is 12.7 Å². The fraction of sp³-hybridized carbons (Fsp3) is 0.438. The lowest BCUT2D eigenvalue weighted by atomic mass is 9.90. The molecule has 1 nitrogen and oxygen atoms in total. The highest BCUT2D eigenvalue weighted by molar-refractivity contribution is 5.71. The third kappa shape index (κ3) is 6.26. The topological polar surface area (TPSA) is 9.23 Å². The van der Waals surface area contributed by atoms with Crippen LogP contribution in [0.25, 0.3) is 22.3 Å². The Morgan fingerprint density at radius 1 is 0.676 bits per heavy atom. The van der Waals surface area contributed by atoms with Gasteiger partial charge in [-0.3, -0.25) is 0 Å². The van der Waals surface area contributed by atoms with E-state index in [-0.39, 0.29) is 16.7 Å². The number of unbranched alkanes of at least 4 members (excludes halogenated alkanes) is 3. The molecule has 37 heavy (non-hydrogen) atoms. The summed E-state index contributed by atoms with van der Waals surface area (Å²) in [5.41, 5.74) is 1.84. The molecule has 1 saturated heterocycles. The third-order valence-electron chi connectivity index (χ3n) is 7.51. The standard InChI is InChI=1S/C32H36F4O/c1-3-5-7-8-21-10-19-28(37-20-21)27-18-17-26(31(35)32(27)36)23-13-11-22(12-14-23)25-16-15-24(9-6-4-2)29(33)30(25)34/h11-18,21,28H,3-10,19-20H2,1-2H3. The summed E-state index contributed by atoms with van der Waals surface area (Å²) in [6, 6.07) is 12.8. The van der Waals surface area contributed by atoms with E-state index in [1.807, 2.05) is 6.92 Å². The van der Waals surface area contributed by atoms with Crippen molar-refractivity contribution in [2.75, 3.05) is 6.61 Å². The van der Waals surface area contributed by atoms with E-state index in [1.54, 1.807) is 48.5 Å². The molecular weight excluding hydrogens is 476 g/mol. The van der Waals surface area contributed by atoms with Crippen LogP contribution in [-0.4, -0.2) is 6.61 Å². The number of aryl methyl sites for hydroxylation is 1. The molecule has 4 rings (SSSR count). The maximum absolute atomic E-state index is 15.1. The summed E-state index contributed by atoms with van der Waals surface area (Å²) in [4.78, 5) is 0. The number of hydrogen-bond acceptors (Lipinski definition) is 1. The van der Waals surface area contributed by atoms with Crippen molar-refractivity contribution in [1.82, 2.24) is 0 Å². The highest BCUT2D eigenvalue weighted by Crippen LogP contribution is 2.37. The Kier molecular flexibility index (Phi) is 9.42. The van der Waals surface area contributed by atoms with Crippen molar-refractivity contribution in [3.8, 4) is 22.3 Å². The van der Waals surface area contributed by atoms with Crippen LogP contribution in [0.2, 0.25) is 0 Å². The Bertz CT molecular complexity index is 1180. The van der Waals surface area contributed by atoms with Gasteiger partial charge in [-0.1, -0.05) is 88.1 Å². The number of rotatable bonds is 10. The normalized spacial score (nSPS) is 17.8. The van der Waals surface area contributed by atoms with Gasteiger partial charge in [0.15, 0.2) is 23.3 Å². The van der Waals surface area contributed by atoms with E-state index in [0.29, 0.717) is 42.1 Å². The molecule has 0 saturated carbocycles. The minimum atomic E-state index is -0.920. The van der Waals surface area contributed by atoms with Gasteiger partial charge in [-0.25, -0.2) is 17.6 Å². The van der Waals surface area contributed by atoms with E-state index >= 15 is 8.78 Å². The largest absolute Gasteiger partial charge is 0.373 e. The van der Waals surface area contributed by atoms with E-state index in [1.165, 1.54) is 19.3 Å². The average Bonchev–Trinajstić information content (AvgIpc) is 2.92. The molecular formula is C32H36F4O. The molecule has 1 heterocycles. The minimum absolute atomic E-state index is 0.127. The van der Waals surface area contributed by atoms with Gasteiger partial charge in [0, 0.05) is 16.7 Å². The molecule has 3 aromatic carbocycles. The molecule has 0 spiro atoms. The van der Waals surface area contributed by atoms with E-state index in [4.69, 9.17) is 4.74 Å². The van der Waals surface area contributed by atoms with Gasteiger partial charge in [0.1, 0.15) is 0 Å². The van der Waals surface area contributed by atoms with Crippen LogP contribution in [0.15, 0.2) is 48.5 Å². The predicted octanol–water partition coefficient (Wildman–Crippen LogP) is 9.97. The molecule has 0 aromatic heterocycles. The second kappa shape index (κ2) is 12.7. The minimum Gasteiger partial charge on any atom is -0.373 e. The van der Waals surface area contributed by atoms with Crippen molar-refractivity contribution < 1.29 is 22.3 Å². The maximum atomic E-state index is 15.1. The van der Waals surface area contributed by atoms with Crippen molar-refractivity contribution in [1.29, 1.82) is 0 Å². The fourth-order valence-electron chi connectivity index (χ4n) is 5.20. The molecule has 0 amide bonds. The first-order valence-corrected chi connectivity index (χ1v) is 13.6. The molecule has 0 aliphatic carbocycles. The summed E-state index contributed by atoms with van der Waals surface area (Å²) in [5.74, 6) is -3.03. The molecule has 3 aromatic rings. The molecule has 0 bridgehead atoms. The highest BCUT2D eigenvalue weighted by Gasteiger charge is 2.27. The number of benzene rings is 3. The Balaban J connectivity index is 1.48. The Morgan fingerprint density at radius 2 is 1.30 bits per heavy atom. The van der Waals surface area contributed by atoms with Gasteiger partial charge < -0.3 is 4.74 Å². The van der Waals surface area contributed by atoms with Gasteiger partial charge in [-0.2, -0.15) is 0 Å². The smallest absolute Gasteiger partial charge is 0.167 e. The van der Waals surface area contributed by atoms with Crippen molar-refractivity contribution in [2.45, 2.75) is 77.7 Å². The van der Waals surface area contributed by atoms with Crippen LogP contribution in [0.3, 0.4) is 0 Å². The number of halogens is 4. The predicted molar refractivity (Wildman–Crippen MR) is 141 cm³/mol.